The van der Waals surface area contributed by atoms with Gasteiger partial charge in [-0.2, -0.15) is 0 Å². The average Bonchev–Trinajstić information content (AvgIpc) is 3.32. The Balaban J connectivity index is 1.42. The van der Waals surface area contributed by atoms with Gasteiger partial charge in [0, 0.05) is 57.9 Å². The number of nitrogens with zero attached hydrogens (tertiary/aromatic N) is 3. The summed E-state index contributed by atoms with van der Waals surface area (Å²) in [4.78, 5) is 10.1. The number of nitrogens with one attached hydrogen (secondary N) is 2. The zero-order chi connectivity index (χ0) is 18.2. The van der Waals surface area contributed by atoms with Crippen LogP contribution in [0.4, 0.5) is 0 Å². The maximum atomic E-state index is 5.44. The van der Waals surface area contributed by atoms with E-state index in [4.69, 9.17) is 9.73 Å². The largest absolute Gasteiger partial charge is 0.379 e. The first-order valence-corrected chi connectivity index (χ1v) is 10.8. The molecule has 3 fully saturated rings. The second-order valence-corrected chi connectivity index (χ2v) is 8.30. The van der Waals surface area contributed by atoms with Crippen molar-refractivity contribution >= 4 is 5.96 Å². The van der Waals surface area contributed by atoms with Crippen molar-refractivity contribution in [1.82, 2.24) is 20.4 Å². The van der Waals surface area contributed by atoms with Crippen LogP contribution >= 0.6 is 0 Å². The Kier molecular flexibility index (Phi) is 8.02. The summed E-state index contributed by atoms with van der Waals surface area (Å²) in [6.45, 7) is 13.7. The Hall–Kier alpha value is -0.850. The van der Waals surface area contributed by atoms with Crippen molar-refractivity contribution < 1.29 is 4.74 Å². The monoisotopic (exact) mass is 365 g/mol. The van der Waals surface area contributed by atoms with Gasteiger partial charge < -0.3 is 15.4 Å². The molecule has 26 heavy (non-hydrogen) atoms. The van der Waals surface area contributed by atoms with Crippen molar-refractivity contribution in [2.75, 3.05) is 59.0 Å². The van der Waals surface area contributed by atoms with Crippen LogP contribution in [0.2, 0.25) is 0 Å². The highest BCUT2D eigenvalue weighted by molar-refractivity contribution is 5.80. The van der Waals surface area contributed by atoms with Crippen LogP contribution in [0.1, 0.15) is 46.0 Å². The van der Waals surface area contributed by atoms with Crippen LogP contribution in [0.5, 0.6) is 0 Å². The highest BCUT2D eigenvalue weighted by atomic mass is 16.5. The van der Waals surface area contributed by atoms with E-state index in [9.17, 15) is 0 Å². The fraction of sp³-hybridized carbons (Fsp3) is 0.950. The Morgan fingerprint density at radius 3 is 2.65 bits per heavy atom. The molecule has 1 aliphatic carbocycles. The van der Waals surface area contributed by atoms with Gasteiger partial charge in [-0.05, 0) is 32.1 Å². The molecule has 0 spiro atoms. The van der Waals surface area contributed by atoms with Gasteiger partial charge in [-0.15, -0.1) is 0 Å². The molecule has 6 heteroatoms. The molecule has 0 radical (unpaired) electrons. The Morgan fingerprint density at radius 2 is 1.92 bits per heavy atom. The third kappa shape index (κ3) is 6.10. The van der Waals surface area contributed by atoms with E-state index in [1.54, 1.807) is 0 Å². The Labute approximate surface area is 159 Å². The molecule has 3 rings (SSSR count). The molecule has 0 aromatic heterocycles. The minimum Gasteiger partial charge on any atom is -0.379 e. The van der Waals surface area contributed by atoms with Crippen molar-refractivity contribution in [1.29, 1.82) is 0 Å². The fourth-order valence-electron chi connectivity index (χ4n) is 4.55. The number of likely N-dealkylation sites (tertiary alicyclic amines) is 1. The fourth-order valence-corrected chi connectivity index (χ4v) is 4.55. The summed E-state index contributed by atoms with van der Waals surface area (Å²) >= 11 is 0. The van der Waals surface area contributed by atoms with Gasteiger partial charge in [0.1, 0.15) is 0 Å². The lowest BCUT2D eigenvalue weighted by molar-refractivity contribution is 0.0323. The number of guanidine groups is 1. The topological polar surface area (TPSA) is 52.1 Å². The van der Waals surface area contributed by atoms with Crippen molar-refractivity contribution in [3.05, 3.63) is 0 Å². The van der Waals surface area contributed by atoms with E-state index in [0.717, 1.165) is 57.9 Å². The second-order valence-electron chi connectivity index (χ2n) is 8.30. The molecule has 2 atom stereocenters. The van der Waals surface area contributed by atoms with Crippen LogP contribution in [0.3, 0.4) is 0 Å². The van der Waals surface area contributed by atoms with Gasteiger partial charge in [-0.25, -0.2) is 0 Å². The summed E-state index contributed by atoms with van der Waals surface area (Å²) in [6, 6.07) is 1.39. The van der Waals surface area contributed by atoms with Crippen LogP contribution in [-0.4, -0.2) is 86.9 Å². The molecule has 6 nitrogen and oxygen atoms in total. The van der Waals surface area contributed by atoms with Crippen molar-refractivity contribution in [3.63, 3.8) is 0 Å². The van der Waals surface area contributed by atoms with Crippen molar-refractivity contribution in [2.24, 2.45) is 10.9 Å². The van der Waals surface area contributed by atoms with Gasteiger partial charge in [0.25, 0.3) is 0 Å². The van der Waals surface area contributed by atoms with Gasteiger partial charge >= 0.3 is 0 Å². The molecular weight excluding hydrogens is 326 g/mol. The molecule has 0 aromatic carbocycles. The van der Waals surface area contributed by atoms with Crippen molar-refractivity contribution in [3.8, 4) is 0 Å². The van der Waals surface area contributed by atoms with E-state index < -0.39 is 0 Å². The van der Waals surface area contributed by atoms with E-state index in [1.165, 1.54) is 45.2 Å². The molecule has 1 saturated carbocycles. The van der Waals surface area contributed by atoms with Gasteiger partial charge in [0.2, 0.25) is 0 Å². The maximum Gasteiger partial charge on any atom is 0.191 e. The number of hydrogen-bond donors (Lipinski definition) is 2. The number of rotatable bonds is 7. The predicted molar refractivity (Wildman–Crippen MR) is 108 cm³/mol. The lowest BCUT2D eigenvalue weighted by Gasteiger charge is -2.28. The molecule has 0 bridgehead atoms. The van der Waals surface area contributed by atoms with Crippen LogP contribution in [0.25, 0.3) is 0 Å². The summed E-state index contributed by atoms with van der Waals surface area (Å²) in [5.74, 6) is 1.57. The number of morpholine rings is 1. The van der Waals surface area contributed by atoms with Gasteiger partial charge in [0.15, 0.2) is 5.96 Å². The summed E-state index contributed by atoms with van der Waals surface area (Å²) < 4.78 is 5.44. The highest BCUT2D eigenvalue weighted by Crippen LogP contribution is 2.26. The first-order chi connectivity index (χ1) is 12.7. The summed E-state index contributed by atoms with van der Waals surface area (Å²) in [5.41, 5.74) is 0. The third-order valence-electron chi connectivity index (χ3n) is 5.98. The molecule has 150 valence electrons. The second kappa shape index (κ2) is 10.5. The van der Waals surface area contributed by atoms with Crippen LogP contribution in [0.15, 0.2) is 4.99 Å². The van der Waals surface area contributed by atoms with Crippen LogP contribution in [0, 0.1) is 5.92 Å². The summed E-state index contributed by atoms with van der Waals surface area (Å²) in [7, 11) is 0. The number of ether oxygens (including phenoxy) is 1. The molecular formula is C20H39N5O. The zero-order valence-corrected chi connectivity index (χ0v) is 16.9. The van der Waals surface area contributed by atoms with Gasteiger partial charge in [0.05, 0.1) is 13.2 Å². The SMILES string of the molecule is CCNC(=NCC(C)CN1CCOCC1)NC1CCN(C2CCCC2)C1. The normalized spacial score (nSPS) is 27.8. The number of hydrogen-bond acceptors (Lipinski definition) is 4. The molecule has 2 N–H and O–H groups in total. The van der Waals surface area contributed by atoms with Gasteiger partial charge in [-0.1, -0.05) is 19.8 Å². The minimum absolute atomic E-state index is 0.544. The predicted octanol–water partition coefficient (Wildman–Crippen LogP) is 1.53. The number of aliphatic imine (C=N–C) groups is 1. The molecule has 2 unspecified atom stereocenters. The minimum atomic E-state index is 0.544. The Bertz CT molecular complexity index is 432. The van der Waals surface area contributed by atoms with E-state index >= 15 is 0 Å². The maximum absolute atomic E-state index is 5.44. The third-order valence-corrected chi connectivity index (χ3v) is 5.98. The molecule has 2 aliphatic heterocycles. The zero-order valence-electron chi connectivity index (χ0n) is 16.9. The summed E-state index contributed by atoms with van der Waals surface area (Å²) in [6.07, 6.45) is 6.89. The first-order valence-electron chi connectivity index (χ1n) is 10.8. The van der Waals surface area contributed by atoms with Crippen LogP contribution in [-0.2, 0) is 4.74 Å². The molecule has 2 saturated heterocycles. The van der Waals surface area contributed by atoms with Crippen LogP contribution < -0.4 is 10.6 Å². The highest BCUT2D eigenvalue weighted by Gasteiger charge is 2.30. The smallest absolute Gasteiger partial charge is 0.191 e. The van der Waals surface area contributed by atoms with E-state index in [2.05, 4.69) is 34.3 Å². The lowest BCUT2D eigenvalue weighted by Crippen LogP contribution is -2.45. The van der Waals surface area contributed by atoms with E-state index in [-0.39, 0.29) is 0 Å². The Morgan fingerprint density at radius 1 is 1.15 bits per heavy atom. The molecule has 3 aliphatic rings. The first kappa shape index (κ1) is 19.9. The van der Waals surface area contributed by atoms with E-state index in [0.29, 0.717) is 12.0 Å². The lowest BCUT2D eigenvalue weighted by atomic mass is 10.1. The average molecular weight is 366 g/mol. The molecule has 0 aromatic rings. The van der Waals surface area contributed by atoms with Gasteiger partial charge in [-0.3, -0.25) is 14.8 Å². The standard InChI is InChI=1S/C20H39N5O/c1-3-21-20(22-14-17(2)15-24-10-12-26-13-11-24)23-18-8-9-25(16-18)19-6-4-5-7-19/h17-19H,3-16H2,1-2H3,(H2,21,22,23). The quantitative estimate of drug-likeness (QED) is 0.529. The van der Waals surface area contributed by atoms with E-state index in [1.807, 2.05) is 0 Å². The molecule has 2 heterocycles. The molecule has 0 amide bonds. The summed E-state index contributed by atoms with van der Waals surface area (Å²) in [5, 5.41) is 7.13. The van der Waals surface area contributed by atoms with Crippen molar-refractivity contribution in [2.45, 2.75) is 58.0 Å².